The normalized spacial score (nSPS) is 11.0. The van der Waals surface area contributed by atoms with Crippen LogP contribution in [0.1, 0.15) is 5.56 Å². The van der Waals surface area contributed by atoms with Crippen molar-refractivity contribution in [2.24, 2.45) is 5.16 Å². The van der Waals surface area contributed by atoms with Gasteiger partial charge in [0.15, 0.2) is 12.0 Å². The molecule has 4 aromatic rings. The first-order valence-corrected chi connectivity index (χ1v) is 12.3. The number of rotatable bonds is 10. The van der Waals surface area contributed by atoms with Gasteiger partial charge in [-0.1, -0.05) is 65.4 Å². The standard InChI is InChI=1S/C29H24N2O5S/c32-19-20-35-25-13-17-27(18-14-25)37-26-15-11-22(12-16-26)28(21-33)30-36-29(34)31(23-7-3-1-4-8-23)24-9-5-2-6-10-24/h1-18,21,32H,19-20H2/b30-28+. The Morgan fingerprint density at radius 3 is 1.86 bits per heavy atom. The van der Waals surface area contributed by atoms with E-state index in [1.165, 1.54) is 4.90 Å². The van der Waals surface area contributed by atoms with Crippen LogP contribution in [0.5, 0.6) is 5.75 Å². The van der Waals surface area contributed by atoms with Gasteiger partial charge in [-0.2, -0.15) is 0 Å². The summed E-state index contributed by atoms with van der Waals surface area (Å²) in [7, 11) is 0. The van der Waals surface area contributed by atoms with Crippen molar-refractivity contribution in [3.8, 4) is 5.75 Å². The van der Waals surface area contributed by atoms with Gasteiger partial charge in [0, 0.05) is 15.4 Å². The summed E-state index contributed by atoms with van der Waals surface area (Å²) >= 11 is 1.54. The molecule has 4 rings (SSSR count). The molecule has 0 atom stereocenters. The predicted molar refractivity (Wildman–Crippen MR) is 144 cm³/mol. The second kappa shape index (κ2) is 13.1. The van der Waals surface area contributed by atoms with E-state index in [2.05, 4.69) is 5.16 Å². The zero-order valence-corrected chi connectivity index (χ0v) is 20.6. The topological polar surface area (TPSA) is 88.4 Å². The Hall–Kier alpha value is -4.40. The lowest BCUT2D eigenvalue weighted by atomic mass is 10.1. The van der Waals surface area contributed by atoms with Gasteiger partial charge in [-0.05, 0) is 60.7 Å². The number of aldehydes is 1. The number of oxime groups is 1. The third-order valence-corrected chi connectivity index (χ3v) is 6.13. The third kappa shape index (κ3) is 7.07. The maximum absolute atomic E-state index is 13.0. The molecule has 8 heteroatoms. The molecule has 4 aromatic carbocycles. The van der Waals surface area contributed by atoms with E-state index < -0.39 is 6.09 Å². The van der Waals surface area contributed by atoms with Gasteiger partial charge in [-0.3, -0.25) is 9.63 Å². The van der Waals surface area contributed by atoms with Crippen LogP contribution < -0.4 is 9.64 Å². The summed E-state index contributed by atoms with van der Waals surface area (Å²) in [6.07, 6.45) is -0.189. The molecule has 186 valence electrons. The highest BCUT2D eigenvalue weighted by atomic mass is 32.2. The number of amides is 1. The summed E-state index contributed by atoms with van der Waals surface area (Å²) < 4.78 is 5.38. The Labute approximate surface area is 219 Å². The first kappa shape index (κ1) is 25.7. The highest BCUT2D eigenvalue weighted by Crippen LogP contribution is 2.29. The second-order valence-electron chi connectivity index (χ2n) is 7.63. The molecule has 0 fully saturated rings. The van der Waals surface area contributed by atoms with E-state index in [4.69, 9.17) is 14.7 Å². The number of anilines is 2. The summed E-state index contributed by atoms with van der Waals surface area (Å²) in [5, 5.41) is 12.7. The molecular formula is C29H24N2O5S. The number of para-hydroxylation sites is 2. The van der Waals surface area contributed by atoms with E-state index in [1.54, 1.807) is 48.2 Å². The fraction of sp³-hybridized carbons (Fsp3) is 0.0690. The number of hydrogen-bond donors (Lipinski definition) is 1. The van der Waals surface area contributed by atoms with Gasteiger partial charge in [0.1, 0.15) is 12.4 Å². The van der Waals surface area contributed by atoms with Crippen molar-refractivity contribution < 1.29 is 24.3 Å². The number of aliphatic hydroxyl groups excluding tert-OH is 1. The number of benzene rings is 4. The van der Waals surface area contributed by atoms with Crippen molar-refractivity contribution in [3.05, 3.63) is 115 Å². The van der Waals surface area contributed by atoms with Crippen LogP contribution in [-0.2, 0) is 9.63 Å². The zero-order valence-electron chi connectivity index (χ0n) is 19.8. The Balaban J connectivity index is 1.45. The van der Waals surface area contributed by atoms with Crippen molar-refractivity contribution >= 4 is 41.2 Å². The van der Waals surface area contributed by atoms with Crippen LogP contribution in [0.3, 0.4) is 0 Å². The van der Waals surface area contributed by atoms with Gasteiger partial charge < -0.3 is 9.84 Å². The Kier molecular flexibility index (Phi) is 9.07. The number of nitrogens with zero attached hydrogens (tertiary/aromatic N) is 2. The molecule has 0 radical (unpaired) electrons. The molecule has 0 bridgehead atoms. The first-order valence-electron chi connectivity index (χ1n) is 11.4. The molecule has 1 N–H and O–H groups in total. The molecule has 0 aliphatic carbocycles. The first-order chi connectivity index (χ1) is 18.2. The van der Waals surface area contributed by atoms with Gasteiger partial charge >= 0.3 is 6.09 Å². The number of ether oxygens (including phenoxy) is 1. The van der Waals surface area contributed by atoms with Gasteiger partial charge in [-0.15, -0.1) is 0 Å². The van der Waals surface area contributed by atoms with Crippen LogP contribution in [0.4, 0.5) is 16.2 Å². The minimum absolute atomic E-state index is 0.00337. The highest BCUT2D eigenvalue weighted by Gasteiger charge is 2.20. The Morgan fingerprint density at radius 2 is 1.35 bits per heavy atom. The van der Waals surface area contributed by atoms with E-state index in [-0.39, 0.29) is 18.9 Å². The fourth-order valence-electron chi connectivity index (χ4n) is 3.38. The molecule has 0 spiro atoms. The number of carbonyl (C=O) groups is 2. The average Bonchev–Trinajstić information content (AvgIpc) is 2.95. The van der Waals surface area contributed by atoms with Gasteiger partial charge in [0.05, 0.1) is 18.0 Å². The molecule has 0 aromatic heterocycles. The van der Waals surface area contributed by atoms with Crippen LogP contribution in [0.2, 0.25) is 0 Å². The molecule has 0 heterocycles. The molecule has 0 unspecified atom stereocenters. The van der Waals surface area contributed by atoms with Crippen molar-refractivity contribution in [3.63, 3.8) is 0 Å². The molecule has 0 aliphatic rings. The van der Waals surface area contributed by atoms with E-state index in [0.717, 1.165) is 9.79 Å². The van der Waals surface area contributed by atoms with Crippen molar-refractivity contribution in [2.45, 2.75) is 9.79 Å². The Morgan fingerprint density at radius 1 is 0.811 bits per heavy atom. The Bertz CT molecular complexity index is 1290. The van der Waals surface area contributed by atoms with Crippen LogP contribution in [0, 0.1) is 0 Å². The van der Waals surface area contributed by atoms with Gasteiger partial charge in [0.2, 0.25) is 0 Å². The maximum Gasteiger partial charge on any atom is 0.445 e. The van der Waals surface area contributed by atoms with Gasteiger partial charge in [0.25, 0.3) is 0 Å². The quantitative estimate of drug-likeness (QED) is 0.120. The fourth-order valence-corrected chi connectivity index (χ4v) is 4.20. The van der Waals surface area contributed by atoms with E-state index >= 15 is 0 Å². The molecule has 1 amide bonds. The third-order valence-electron chi connectivity index (χ3n) is 5.11. The second-order valence-corrected chi connectivity index (χ2v) is 8.77. The molecule has 0 aliphatic heterocycles. The minimum atomic E-state index is -0.740. The summed E-state index contributed by atoms with van der Waals surface area (Å²) in [5.41, 5.74) is 1.73. The zero-order chi connectivity index (χ0) is 25.9. The average molecular weight is 513 g/mol. The minimum Gasteiger partial charge on any atom is -0.491 e. The number of carbonyl (C=O) groups excluding carboxylic acids is 2. The molecule has 7 nitrogen and oxygen atoms in total. The summed E-state index contributed by atoms with van der Waals surface area (Å²) in [6.45, 7) is 0.215. The lowest BCUT2D eigenvalue weighted by Gasteiger charge is -2.20. The van der Waals surface area contributed by atoms with E-state index in [9.17, 15) is 9.59 Å². The summed E-state index contributed by atoms with van der Waals surface area (Å²) in [6, 6.07) is 32.8. The number of aliphatic hydroxyl groups is 1. The van der Waals surface area contributed by atoms with Crippen LogP contribution in [0.15, 0.2) is 124 Å². The van der Waals surface area contributed by atoms with Gasteiger partial charge in [-0.25, -0.2) is 9.69 Å². The van der Waals surface area contributed by atoms with E-state index in [1.807, 2.05) is 72.8 Å². The van der Waals surface area contributed by atoms with Crippen LogP contribution in [0.25, 0.3) is 0 Å². The predicted octanol–water partition coefficient (Wildman–Crippen LogP) is 6.09. The number of hydrogen-bond acceptors (Lipinski definition) is 7. The molecule has 0 saturated carbocycles. The van der Waals surface area contributed by atoms with Crippen LogP contribution >= 0.6 is 11.8 Å². The molecular weight excluding hydrogens is 488 g/mol. The molecule has 0 saturated heterocycles. The highest BCUT2D eigenvalue weighted by molar-refractivity contribution is 7.99. The largest absolute Gasteiger partial charge is 0.491 e. The SMILES string of the molecule is O=C/C(=N\OC(=O)N(c1ccccc1)c1ccccc1)c1ccc(Sc2ccc(OCCO)cc2)cc1. The maximum atomic E-state index is 13.0. The van der Waals surface area contributed by atoms with Crippen molar-refractivity contribution in [1.29, 1.82) is 0 Å². The van der Waals surface area contributed by atoms with Crippen molar-refractivity contribution in [2.75, 3.05) is 18.1 Å². The smallest absolute Gasteiger partial charge is 0.445 e. The molecule has 37 heavy (non-hydrogen) atoms. The van der Waals surface area contributed by atoms with Crippen molar-refractivity contribution in [1.82, 2.24) is 0 Å². The summed E-state index contributed by atoms with van der Waals surface area (Å²) in [5.74, 6) is 0.688. The summed E-state index contributed by atoms with van der Waals surface area (Å²) in [4.78, 5) is 33.3. The lowest BCUT2D eigenvalue weighted by molar-refractivity contribution is -0.102. The lowest BCUT2D eigenvalue weighted by Crippen LogP contribution is -2.25. The van der Waals surface area contributed by atoms with Crippen LogP contribution in [-0.4, -0.2) is 36.4 Å². The van der Waals surface area contributed by atoms with E-state index in [0.29, 0.717) is 29.0 Å². The monoisotopic (exact) mass is 512 g/mol.